The van der Waals surface area contributed by atoms with Gasteiger partial charge in [0.05, 0.1) is 5.92 Å². The lowest BCUT2D eigenvalue weighted by Gasteiger charge is -2.42. The predicted octanol–water partition coefficient (Wildman–Crippen LogP) is 8.08. The van der Waals surface area contributed by atoms with Crippen molar-refractivity contribution in [3.05, 3.63) is 0 Å². The third kappa shape index (κ3) is 7.28. The van der Waals surface area contributed by atoms with Crippen LogP contribution in [0.2, 0.25) is 0 Å². The fraction of sp³-hybridized carbons (Fsp3) is 0.963. The standard InChI is InChI=1S/C27H48O2/c1-3-5-6-7-8-10-22-11-14-24-20-25(16-15-23(24)19-22)27(28)29-26-17-12-21(9-4-2)13-18-26/h21-26H,3-20H2,1-2H3. The van der Waals surface area contributed by atoms with E-state index in [1.807, 2.05) is 0 Å². The molecule has 0 aromatic heterocycles. The quantitative estimate of drug-likeness (QED) is 0.272. The van der Waals surface area contributed by atoms with Crippen LogP contribution in [0.1, 0.15) is 129 Å². The summed E-state index contributed by atoms with van der Waals surface area (Å²) in [6.45, 7) is 4.58. The second-order valence-corrected chi connectivity index (χ2v) is 10.8. The van der Waals surface area contributed by atoms with Gasteiger partial charge in [-0.3, -0.25) is 4.79 Å². The third-order valence-electron chi connectivity index (χ3n) is 8.54. The summed E-state index contributed by atoms with van der Waals surface area (Å²) in [4.78, 5) is 12.8. The summed E-state index contributed by atoms with van der Waals surface area (Å²) >= 11 is 0. The molecule has 4 unspecified atom stereocenters. The molecule has 29 heavy (non-hydrogen) atoms. The average molecular weight is 405 g/mol. The van der Waals surface area contributed by atoms with E-state index < -0.39 is 0 Å². The number of carbonyl (C=O) groups excluding carboxylic acids is 1. The third-order valence-corrected chi connectivity index (χ3v) is 8.54. The Hall–Kier alpha value is -0.530. The van der Waals surface area contributed by atoms with Gasteiger partial charge in [0, 0.05) is 0 Å². The summed E-state index contributed by atoms with van der Waals surface area (Å²) in [5.74, 6) is 3.92. The van der Waals surface area contributed by atoms with E-state index >= 15 is 0 Å². The molecule has 3 rings (SSSR count). The lowest BCUT2D eigenvalue weighted by Crippen LogP contribution is -2.36. The Morgan fingerprint density at radius 3 is 2.14 bits per heavy atom. The maximum absolute atomic E-state index is 12.8. The van der Waals surface area contributed by atoms with E-state index in [2.05, 4.69) is 13.8 Å². The van der Waals surface area contributed by atoms with Gasteiger partial charge >= 0.3 is 5.97 Å². The summed E-state index contributed by atoms with van der Waals surface area (Å²) < 4.78 is 6.00. The molecule has 0 bridgehead atoms. The number of esters is 1. The predicted molar refractivity (Wildman–Crippen MR) is 122 cm³/mol. The van der Waals surface area contributed by atoms with Crippen LogP contribution in [0.15, 0.2) is 0 Å². The molecule has 0 saturated heterocycles. The van der Waals surface area contributed by atoms with Gasteiger partial charge in [-0.25, -0.2) is 0 Å². The lowest BCUT2D eigenvalue weighted by atomic mass is 9.64. The monoisotopic (exact) mass is 404 g/mol. The van der Waals surface area contributed by atoms with Crippen molar-refractivity contribution < 1.29 is 9.53 Å². The molecule has 2 nitrogen and oxygen atoms in total. The van der Waals surface area contributed by atoms with Crippen molar-refractivity contribution in [2.24, 2.45) is 29.6 Å². The molecule has 0 radical (unpaired) electrons. The number of carbonyl (C=O) groups is 1. The summed E-state index contributed by atoms with van der Waals surface area (Å²) in [7, 11) is 0. The molecule has 0 aromatic rings. The smallest absolute Gasteiger partial charge is 0.309 e. The van der Waals surface area contributed by atoms with E-state index in [0.29, 0.717) is 0 Å². The molecular formula is C27H48O2. The lowest BCUT2D eigenvalue weighted by molar-refractivity contribution is -0.158. The van der Waals surface area contributed by atoms with E-state index in [4.69, 9.17) is 4.74 Å². The summed E-state index contributed by atoms with van der Waals surface area (Å²) in [6, 6.07) is 0. The van der Waals surface area contributed by atoms with Gasteiger partial charge in [0.1, 0.15) is 6.10 Å². The molecule has 2 heteroatoms. The molecule has 0 spiro atoms. The van der Waals surface area contributed by atoms with Crippen LogP contribution in [0.3, 0.4) is 0 Å². The first-order chi connectivity index (χ1) is 14.2. The first-order valence-corrected chi connectivity index (χ1v) is 13.4. The normalized spacial score (nSPS) is 35.1. The van der Waals surface area contributed by atoms with Crippen molar-refractivity contribution >= 4 is 5.97 Å². The van der Waals surface area contributed by atoms with Crippen molar-refractivity contribution in [1.82, 2.24) is 0 Å². The minimum Gasteiger partial charge on any atom is -0.462 e. The highest BCUT2D eigenvalue weighted by Gasteiger charge is 2.38. The average Bonchev–Trinajstić information content (AvgIpc) is 2.74. The van der Waals surface area contributed by atoms with Crippen LogP contribution in [0.4, 0.5) is 0 Å². The molecule has 0 N–H and O–H groups in total. The highest BCUT2D eigenvalue weighted by atomic mass is 16.5. The van der Waals surface area contributed by atoms with E-state index in [9.17, 15) is 4.79 Å². The molecule has 3 aliphatic carbocycles. The number of fused-ring (bicyclic) bond motifs is 1. The minimum absolute atomic E-state index is 0.153. The van der Waals surface area contributed by atoms with Crippen LogP contribution in [0.5, 0.6) is 0 Å². The van der Waals surface area contributed by atoms with Gasteiger partial charge in [0.15, 0.2) is 0 Å². The van der Waals surface area contributed by atoms with Crippen LogP contribution in [0, 0.1) is 29.6 Å². The molecular weight excluding hydrogens is 356 g/mol. The Labute approximate surface area is 180 Å². The molecule has 3 saturated carbocycles. The van der Waals surface area contributed by atoms with E-state index in [0.717, 1.165) is 49.4 Å². The fourth-order valence-corrected chi connectivity index (χ4v) is 6.71. The molecule has 3 aliphatic rings. The highest BCUT2D eigenvalue weighted by molar-refractivity contribution is 5.72. The SMILES string of the molecule is CCCCCCCC1CCC2CC(C(=O)OC3CCC(CCC)CC3)CCC2C1. The fourth-order valence-electron chi connectivity index (χ4n) is 6.71. The number of hydrogen-bond acceptors (Lipinski definition) is 2. The van der Waals surface area contributed by atoms with Gasteiger partial charge in [-0.2, -0.15) is 0 Å². The zero-order valence-corrected chi connectivity index (χ0v) is 19.5. The largest absolute Gasteiger partial charge is 0.462 e. The van der Waals surface area contributed by atoms with Crippen LogP contribution < -0.4 is 0 Å². The van der Waals surface area contributed by atoms with E-state index in [1.54, 1.807) is 0 Å². The van der Waals surface area contributed by atoms with Gasteiger partial charge in [-0.15, -0.1) is 0 Å². The molecule has 0 aromatic carbocycles. The Morgan fingerprint density at radius 1 is 0.690 bits per heavy atom. The van der Waals surface area contributed by atoms with Crippen LogP contribution in [-0.4, -0.2) is 12.1 Å². The van der Waals surface area contributed by atoms with E-state index in [1.165, 1.54) is 89.9 Å². The molecule has 0 aliphatic heterocycles. The molecule has 0 amide bonds. The van der Waals surface area contributed by atoms with E-state index in [-0.39, 0.29) is 18.0 Å². The highest BCUT2D eigenvalue weighted by Crippen LogP contribution is 2.46. The Morgan fingerprint density at radius 2 is 1.38 bits per heavy atom. The first-order valence-electron chi connectivity index (χ1n) is 13.4. The van der Waals surface area contributed by atoms with Gasteiger partial charge < -0.3 is 4.74 Å². The number of unbranched alkanes of at least 4 members (excludes halogenated alkanes) is 4. The van der Waals surface area contributed by atoms with Crippen molar-refractivity contribution in [3.63, 3.8) is 0 Å². The second kappa shape index (κ2) is 12.4. The summed E-state index contributed by atoms with van der Waals surface area (Å²) in [6.07, 6.45) is 23.9. The zero-order valence-electron chi connectivity index (χ0n) is 19.5. The van der Waals surface area contributed by atoms with Gasteiger partial charge in [-0.1, -0.05) is 71.6 Å². The maximum Gasteiger partial charge on any atom is 0.309 e. The topological polar surface area (TPSA) is 26.3 Å². The second-order valence-electron chi connectivity index (χ2n) is 10.8. The van der Waals surface area contributed by atoms with Gasteiger partial charge in [-0.05, 0) is 81.5 Å². The molecule has 0 heterocycles. The van der Waals surface area contributed by atoms with Gasteiger partial charge in [0.25, 0.3) is 0 Å². The van der Waals surface area contributed by atoms with Crippen LogP contribution in [-0.2, 0) is 9.53 Å². The molecule has 3 fully saturated rings. The Kier molecular flexibility index (Phi) is 9.86. The zero-order chi connectivity index (χ0) is 20.5. The van der Waals surface area contributed by atoms with Gasteiger partial charge in [0.2, 0.25) is 0 Å². The number of rotatable bonds is 10. The summed E-state index contributed by atoms with van der Waals surface area (Å²) in [5.41, 5.74) is 0. The van der Waals surface area contributed by atoms with Crippen molar-refractivity contribution in [2.45, 2.75) is 136 Å². The first kappa shape index (κ1) is 23.1. The minimum atomic E-state index is 0.153. The Bertz CT molecular complexity index is 465. The number of ether oxygens (including phenoxy) is 1. The van der Waals surface area contributed by atoms with Crippen LogP contribution >= 0.6 is 0 Å². The summed E-state index contributed by atoms with van der Waals surface area (Å²) in [5, 5.41) is 0. The van der Waals surface area contributed by atoms with Crippen molar-refractivity contribution in [2.75, 3.05) is 0 Å². The number of hydrogen-bond donors (Lipinski definition) is 0. The molecule has 4 atom stereocenters. The maximum atomic E-state index is 12.8. The molecule has 168 valence electrons. The Balaban J connectivity index is 1.33. The van der Waals surface area contributed by atoms with Crippen molar-refractivity contribution in [3.8, 4) is 0 Å². The van der Waals surface area contributed by atoms with Crippen molar-refractivity contribution in [1.29, 1.82) is 0 Å². The van der Waals surface area contributed by atoms with Crippen LogP contribution in [0.25, 0.3) is 0 Å².